The van der Waals surface area contributed by atoms with Crippen molar-refractivity contribution in [2.24, 2.45) is 0 Å². The van der Waals surface area contributed by atoms with Gasteiger partial charge in [-0.3, -0.25) is 0 Å². The van der Waals surface area contributed by atoms with Crippen LogP contribution in [-0.2, 0) is 11.2 Å². The Balaban J connectivity index is 1.38. The van der Waals surface area contributed by atoms with Gasteiger partial charge in [0.25, 0.3) is 0 Å². The lowest BCUT2D eigenvalue weighted by Gasteiger charge is -2.14. The smallest absolute Gasteiger partial charge is 0.0593 e. The number of fused-ring (bicyclic) bond motifs is 1. The molecule has 3 heteroatoms. The molecule has 1 fully saturated rings. The van der Waals surface area contributed by atoms with Crippen molar-refractivity contribution in [2.45, 2.75) is 37.0 Å². The Morgan fingerprint density at radius 2 is 2.10 bits per heavy atom. The molecule has 110 valence electrons. The van der Waals surface area contributed by atoms with Gasteiger partial charge in [-0.2, -0.15) is 0 Å². The average molecular weight is 291 g/mol. The van der Waals surface area contributed by atoms with Crippen LogP contribution in [0.1, 0.15) is 36.8 Å². The molecule has 1 unspecified atom stereocenters. The van der Waals surface area contributed by atoms with Crippen molar-refractivity contribution >= 4 is 11.8 Å². The van der Waals surface area contributed by atoms with Gasteiger partial charge in [0.15, 0.2) is 0 Å². The van der Waals surface area contributed by atoms with Crippen LogP contribution in [0.2, 0.25) is 0 Å². The van der Waals surface area contributed by atoms with Gasteiger partial charge in [-0.1, -0.05) is 19.1 Å². The fourth-order valence-electron chi connectivity index (χ4n) is 3.06. The molecule has 2 aliphatic rings. The summed E-state index contributed by atoms with van der Waals surface area (Å²) in [6, 6.07) is 6.97. The van der Waals surface area contributed by atoms with E-state index in [1.54, 1.807) is 0 Å². The van der Waals surface area contributed by atoms with Crippen molar-refractivity contribution in [3.8, 4) is 0 Å². The molecule has 0 aromatic heterocycles. The number of ether oxygens (including phenoxy) is 1. The van der Waals surface area contributed by atoms with Crippen molar-refractivity contribution in [1.29, 1.82) is 0 Å². The molecule has 2 heterocycles. The lowest BCUT2D eigenvalue weighted by Crippen LogP contribution is -2.24. The zero-order chi connectivity index (χ0) is 13.8. The summed E-state index contributed by atoms with van der Waals surface area (Å²) in [6.07, 6.45) is 3.78. The van der Waals surface area contributed by atoms with Crippen molar-refractivity contribution in [3.05, 3.63) is 29.3 Å². The maximum absolute atomic E-state index is 5.79. The van der Waals surface area contributed by atoms with Crippen LogP contribution in [0.25, 0.3) is 0 Å². The Hall–Kier alpha value is -0.510. The maximum atomic E-state index is 5.79. The largest absolute Gasteiger partial charge is 0.380 e. The second-order valence-corrected chi connectivity index (χ2v) is 7.06. The molecule has 1 atom stereocenters. The van der Waals surface area contributed by atoms with E-state index < -0.39 is 0 Å². The van der Waals surface area contributed by atoms with Crippen LogP contribution >= 0.6 is 11.8 Å². The number of rotatable bonds is 6. The van der Waals surface area contributed by atoms with E-state index in [-0.39, 0.29) is 0 Å². The zero-order valence-corrected chi connectivity index (χ0v) is 13.3. The fourth-order valence-corrected chi connectivity index (χ4v) is 4.34. The molecule has 2 aliphatic heterocycles. The summed E-state index contributed by atoms with van der Waals surface area (Å²) in [5, 5.41) is 0. The number of benzene rings is 1. The highest BCUT2D eigenvalue weighted by molar-refractivity contribution is 7.99. The Morgan fingerprint density at radius 1 is 1.25 bits per heavy atom. The third kappa shape index (κ3) is 3.57. The minimum absolute atomic E-state index is 0.723. The monoisotopic (exact) mass is 291 g/mol. The van der Waals surface area contributed by atoms with E-state index in [9.17, 15) is 0 Å². The first-order valence-corrected chi connectivity index (χ1v) is 8.87. The van der Waals surface area contributed by atoms with E-state index in [0.29, 0.717) is 0 Å². The van der Waals surface area contributed by atoms with Crippen molar-refractivity contribution in [2.75, 3.05) is 38.6 Å². The van der Waals surface area contributed by atoms with E-state index in [2.05, 4.69) is 30.0 Å². The summed E-state index contributed by atoms with van der Waals surface area (Å²) in [5.41, 5.74) is 2.96. The summed E-state index contributed by atoms with van der Waals surface area (Å²) in [6.45, 7) is 7.70. The lowest BCUT2D eigenvalue weighted by atomic mass is 10.0. The molecule has 1 aromatic rings. The molecular weight excluding hydrogens is 266 g/mol. The number of nitrogens with zero attached hydrogens (tertiary/aromatic N) is 1. The summed E-state index contributed by atoms with van der Waals surface area (Å²) in [7, 11) is 0. The van der Waals surface area contributed by atoms with Crippen LogP contribution < -0.4 is 0 Å². The fraction of sp³-hybridized carbons (Fsp3) is 0.647. The predicted octanol–water partition coefficient (Wildman–Crippen LogP) is 3.55. The minimum Gasteiger partial charge on any atom is -0.380 e. The third-order valence-electron chi connectivity index (χ3n) is 4.38. The zero-order valence-electron chi connectivity index (χ0n) is 12.4. The van der Waals surface area contributed by atoms with Gasteiger partial charge in [-0.05, 0) is 55.5 Å². The lowest BCUT2D eigenvalue weighted by molar-refractivity contribution is 0.113. The van der Waals surface area contributed by atoms with Crippen LogP contribution in [0.5, 0.6) is 0 Å². The first-order chi connectivity index (χ1) is 9.83. The minimum atomic E-state index is 0.723. The third-order valence-corrected chi connectivity index (χ3v) is 5.71. The molecule has 0 spiro atoms. The number of hydrogen-bond donors (Lipinski definition) is 0. The van der Waals surface area contributed by atoms with E-state index in [1.807, 2.05) is 11.8 Å². The number of hydrogen-bond acceptors (Lipinski definition) is 3. The molecule has 0 amide bonds. The summed E-state index contributed by atoms with van der Waals surface area (Å²) in [4.78, 5) is 4.00. The standard InChI is InChI=1S/C17H25NOS/c1-14-13-20-17-12-15(4-5-16(14)17)6-10-19-11-9-18-7-2-3-8-18/h4-5,12,14H,2-3,6-11,13H2,1H3. The Bertz CT molecular complexity index is 443. The van der Waals surface area contributed by atoms with Gasteiger partial charge in [0.2, 0.25) is 0 Å². The van der Waals surface area contributed by atoms with Gasteiger partial charge in [0, 0.05) is 17.2 Å². The second-order valence-electron chi connectivity index (χ2n) is 6.00. The molecule has 0 N–H and O–H groups in total. The second kappa shape index (κ2) is 6.97. The predicted molar refractivity (Wildman–Crippen MR) is 85.8 cm³/mol. The molecule has 0 bridgehead atoms. The summed E-state index contributed by atoms with van der Waals surface area (Å²) < 4.78 is 5.79. The molecule has 0 aliphatic carbocycles. The topological polar surface area (TPSA) is 12.5 Å². The Labute approximate surface area is 126 Å². The van der Waals surface area contributed by atoms with Crippen LogP contribution in [0.4, 0.5) is 0 Å². The van der Waals surface area contributed by atoms with Gasteiger partial charge in [-0.25, -0.2) is 0 Å². The molecule has 2 nitrogen and oxygen atoms in total. The van der Waals surface area contributed by atoms with Crippen molar-refractivity contribution in [3.63, 3.8) is 0 Å². The van der Waals surface area contributed by atoms with Gasteiger partial charge in [-0.15, -0.1) is 11.8 Å². The van der Waals surface area contributed by atoms with Gasteiger partial charge in [0.05, 0.1) is 13.2 Å². The quantitative estimate of drug-likeness (QED) is 0.744. The Morgan fingerprint density at radius 3 is 2.95 bits per heavy atom. The highest BCUT2D eigenvalue weighted by atomic mass is 32.2. The van der Waals surface area contributed by atoms with E-state index in [4.69, 9.17) is 4.74 Å². The number of thioether (sulfide) groups is 1. The van der Waals surface area contributed by atoms with E-state index in [0.717, 1.165) is 32.1 Å². The van der Waals surface area contributed by atoms with E-state index in [1.165, 1.54) is 47.7 Å². The molecular formula is C17H25NOS. The highest BCUT2D eigenvalue weighted by Gasteiger charge is 2.18. The first kappa shape index (κ1) is 14.4. The molecule has 0 radical (unpaired) electrons. The molecule has 20 heavy (non-hydrogen) atoms. The van der Waals surface area contributed by atoms with E-state index >= 15 is 0 Å². The number of likely N-dealkylation sites (tertiary alicyclic amines) is 1. The average Bonchev–Trinajstić information content (AvgIpc) is 3.09. The molecule has 1 aromatic carbocycles. The normalized spacial score (nSPS) is 22.4. The van der Waals surface area contributed by atoms with Crippen LogP contribution in [0.15, 0.2) is 23.1 Å². The highest BCUT2D eigenvalue weighted by Crippen LogP contribution is 2.39. The van der Waals surface area contributed by atoms with Crippen molar-refractivity contribution in [1.82, 2.24) is 4.90 Å². The van der Waals surface area contributed by atoms with Crippen LogP contribution in [0, 0.1) is 0 Å². The summed E-state index contributed by atoms with van der Waals surface area (Å²) in [5.74, 6) is 1.96. The molecule has 3 rings (SSSR count). The van der Waals surface area contributed by atoms with Crippen LogP contribution in [0.3, 0.4) is 0 Å². The van der Waals surface area contributed by atoms with Crippen molar-refractivity contribution < 1.29 is 4.74 Å². The maximum Gasteiger partial charge on any atom is 0.0593 e. The van der Waals surface area contributed by atoms with Gasteiger partial charge >= 0.3 is 0 Å². The SMILES string of the molecule is CC1CSc2cc(CCOCCN3CCCC3)ccc21. The summed E-state index contributed by atoms with van der Waals surface area (Å²) >= 11 is 2.00. The van der Waals surface area contributed by atoms with Gasteiger partial charge in [0.1, 0.15) is 0 Å². The Kier molecular flexibility index (Phi) is 5.03. The van der Waals surface area contributed by atoms with Gasteiger partial charge < -0.3 is 9.64 Å². The first-order valence-electron chi connectivity index (χ1n) is 7.88. The molecule has 0 saturated carbocycles. The molecule has 1 saturated heterocycles. The van der Waals surface area contributed by atoms with Crippen LogP contribution in [-0.4, -0.2) is 43.5 Å².